The van der Waals surface area contributed by atoms with Crippen LogP contribution in [0.5, 0.6) is 5.75 Å². The van der Waals surface area contributed by atoms with Gasteiger partial charge in [0.15, 0.2) is 12.4 Å². The van der Waals surface area contributed by atoms with E-state index in [9.17, 15) is 14.4 Å². The average Bonchev–Trinajstić information content (AvgIpc) is 2.70. The fraction of sp³-hybridized carbons (Fsp3) is 0.435. The Morgan fingerprint density at radius 2 is 1.97 bits per heavy atom. The van der Waals surface area contributed by atoms with Gasteiger partial charge in [-0.3, -0.25) is 15.0 Å². The smallest absolute Gasteiger partial charge is 0.336 e. The summed E-state index contributed by atoms with van der Waals surface area (Å²) in [5, 5.41) is 3.29. The molecule has 0 saturated carbocycles. The Kier molecular flexibility index (Phi) is 6.50. The number of rotatable bonds is 6. The molecular formula is C23H29N3O5. The molecule has 8 nitrogen and oxygen atoms in total. The molecule has 0 fully saturated rings. The zero-order valence-electron chi connectivity index (χ0n) is 18.3. The van der Waals surface area contributed by atoms with Gasteiger partial charge in [-0.2, -0.15) is 0 Å². The monoisotopic (exact) mass is 427 g/mol. The zero-order valence-corrected chi connectivity index (χ0v) is 18.3. The predicted octanol–water partition coefficient (Wildman–Crippen LogP) is 2.22. The van der Waals surface area contributed by atoms with E-state index >= 15 is 0 Å². The van der Waals surface area contributed by atoms with Gasteiger partial charge in [-0.25, -0.2) is 10.6 Å². The number of hydrazine groups is 1. The van der Waals surface area contributed by atoms with Crippen LogP contribution in [0, 0.1) is 5.41 Å². The van der Waals surface area contributed by atoms with Crippen LogP contribution in [0.1, 0.15) is 52.0 Å². The molecule has 1 unspecified atom stereocenters. The van der Waals surface area contributed by atoms with Crippen LogP contribution in [0.2, 0.25) is 0 Å². The van der Waals surface area contributed by atoms with E-state index in [0.29, 0.717) is 41.0 Å². The van der Waals surface area contributed by atoms with Crippen LogP contribution >= 0.6 is 0 Å². The lowest BCUT2D eigenvalue weighted by Crippen LogP contribution is -2.39. The molecule has 4 N–H and O–H groups in total. The van der Waals surface area contributed by atoms with E-state index in [1.54, 1.807) is 32.0 Å². The summed E-state index contributed by atoms with van der Waals surface area (Å²) in [4.78, 5) is 37.9. The molecular weight excluding hydrogens is 398 g/mol. The van der Waals surface area contributed by atoms with Crippen molar-refractivity contribution in [3.05, 3.63) is 52.4 Å². The molecule has 1 aliphatic heterocycles. The maximum atomic E-state index is 13.3. The highest BCUT2D eigenvalue weighted by molar-refractivity contribution is 6.04. The number of nitrogens with two attached hydrogens (primary N) is 1. The largest absolute Gasteiger partial charge is 0.483 e. The van der Waals surface area contributed by atoms with Gasteiger partial charge in [-0.05, 0) is 31.7 Å². The molecule has 31 heavy (non-hydrogen) atoms. The Hall–Kier alpha value is -3.13. The number of allylic oxidation sites excluding steroid dienone is 3. The van der Waals surface area contributed by atoms with Gasteiger partial charge < -0.3 is 14.8 Å². The molecule has 0 spiro atoms. The highest BCUT2D eigenvalue weighted by atomic mass is 16.5. The Balaban J connectivity index is 2.16. The molecule has 1 heterocycles. The Labute approximate surface area is 181 Å². The van der Waals surface area contributed by atoms with E-state index in [4.69, 9.17) is 15.3 Å². The molecule has 1 aromatic rings. The van der Waals surface area contributed by atoms with Gasteiger partial charge in [0, 0.05) is 29.0 Å². The van der Waals surface area contributed by atoms with E-state index in [-0.39, 0.29) is 24.4 Å². The van der Waals surface area contributed by atoms with Crippen molar-refractivity contribution in [2.45, 2.75) is 46.5 Å². The molecule has 0 aromatic heterocycles. The third-order valence-electron chi connectivity index (χ3n) is 5.48. The van der Waals surface area contributed by atoms with Crippen molar-refractivity contribution in [1.29, 1.82) is 0 Å². The van der Waals surface area contributed by atoms with Gasteiger partial charge in [0.05, 0.1) is 18.1 Å². The molecule has 0 bridgehead atoms. The zero-order chi connectivity index (χ0) is 22.8. The minimum absolute atomic E-state index is 0.0208. The van der Waals surface area contributed by atoms with Crippen LogP contribution in [0.15, 0.2) is 46.8 Å². The maximum absolute atomic E-state index is 13.3. The second kappa shape index (κ2) is 8.93. The quantitative estimate of drug-likeness (QED) is 0.276. The molecule has 3 rings (SSSR count). The number of Topliss-reactive ketones (excluding diaryl/α,β-unsaturated/α-hetero) is 1. The Bertz CT molecular complexity index is 977. The maximum Gasteiger partial charge on any atom is 0.336 e. The molecule has 8 heteroatoms. The molecule has 1 aliphatic carbocycles. The summed E-state index contributed by atoms with van der Waals surface area (Å²) in [5.74, 6) is 3.89. The van der Waals surface area contributed by atoms with Gasteiger partial charge in [0.1, 0.15) is 5.75 Å². The molecule has 1 atom stereocenters. The Morgan fingerprint density at radius 3 is 2.65 bits per heavy atom. The molecule has 1 aromatic carbocycles. The number of dihydropyridines is 1. The molecule has 166 valence electrons. The molecule has 0 saturated heterocycles. The van der Waals surface area contributed by atoms with Gasteiger partial charge in [0.2, 0.25) is 0 Å². The molecule has 0 radical (unpaired) electrons. The standard InChI is InChI=1S/C23H29N3O5/c1-5-30-22(29)19-13(2)25-15-10-23(3,4)11-16(27)21(15)20(19)14-8-6-7-9-17(14)31-12-18(28)26-24/h6-9,20,25H,5,10-12,24H2,1-4H3,(H,26,28). The lowest BCUT2D eigenvalue weighted by Gasteiger charge is -2.39. The number of benzene rings is 1. The van der Waals surface area contributed by atoms with Gasteiger partial charge in [0.25, 0.3) is 5.91 Å². The summed E-state index contributed by atoms with van der Waals surface area (Å²) < 4.78 is 11.0. The van der Waals surface area contributed by atoms with Crippen LogP contribution in [0.4, 0.5) is 0 Å². The van der Waals surface area contributed by atoms with Crippen LogP contribution in [0.3, 0.4) is 0 Å². The summed E-state index contributed by atoms with van der Waals surface area (Å²) in [6.45, 7) is 7.56. The number of carbonyl (C=O) groups is 3. The number of nitrogens with one attached hydrogen (secondary N) is 2. The van der Waals surface area contributed by atoms with E-state index in [1.165, 1.54) is 0 Å². The van der Waals surface area contributed by atoms with Gasteiger partial charge in [-0.15, -0.1) is 0 Å². The third kappa shape index (κ3) is 4.64. The number of hydrogen-bond acceptors (Lipinski definition) is 7. The minimum atomic E-state index is -0.656. The van der Waals surface area contributed by atoms with Crippen LogP contribution in [-0.2, 0) is 19.1 Å². The van der Waals surface area contributed by atoms with Crippen molar-refractivity contribution in [3.8, 4) is 5.75 Å². The molecule has 2 aliphatic rings. The first-order chi connectivity index (χ1) is 14.7. The number of amides is 1. The normalized spacial score (nSPS) is 20.0. The van der Waals surface area contributed by atoms with Gasteiger partial charge >= 0.3 is 5.97 Å². The second-order valence-electron chi connectivity index (χ2n) is 8.54. The van der Waals surface area contributed by atoms with E-state index in [2.05, 4.69) is 5.32 Å². The van der Waals surface area contributed by atoms with Crippen molar-refractivity contribution in [3.63, 3.8) is 0 Å². The number of para-hydroxylation sites is 1. The fourth-order valence-electron chi connectivity index (χ4n) is 4.26. The summed E-state index contributed by atoms with van der Waals surface area (Å²) in [6.07, 6.45) is 1.05. The first kappa shape index (κ1) is 22.6. The van der Waals surface area contributed by atoms with Crippen molar-refractivity contribution in [1.82, 2.24) is 10.7 Å². The van der Waals surface area contributed by atoms with Crippen LogP contribution < -0.4 is 21.3 Å². The summed E-state index contributed by atoms with van der Waals surface area (Å²) in [5.41, 5.74) is 4.83. The second-order valence-corrected chi connectivity index (χ2v) is 8.54. The van der Waals surface area contributed by atoms with Crippen molar-refractivity contribution < 1.29 is 23.9 Å². The van der Waals surface area contributed by atoms with Crippen molar-refractivity contribution in [2.75, 3.05) is 13.2 Å². The number of ether oxygens (including phenoxy) is 2. The highest BCUT2D eigenvalue weighted by Gasteiger charge is 2.43. The van der Waals surface area contributed by atoms with Crippen molar-refractivity contribution in [2.24, 2.45) is 11.3 Å². The summed E-state index contributed by atoms with van der Waals surface area (Å²) >= 11 is 0. The third-order valence-corrected chi connectivity index (χ3v) is 5.48. The van der Waals surface area contributed by atoms with Crippen LogP contribution in [0.25, 0.3) is 0 Å². The lowest BCUT2D eigenvalue weighted by atomic mass is 9.68. The topological polar surface area (TPSA) is 120 Å². The fourth-order valence-corrected chi connectivity index (χ4v) is 4.26. The predicted molar refractivity (Wildman–Crippen MR) is 115 cm³/mol. The first-order valence-electron chi connectivity index (χ1n) is 10.3. The Morgan fingerprint density at radius 1 is 1.26 bits per heavy atom. The number of ketones is 1. The van der Waals surface area contributed by atoms with E-state index in [1.807, 2.05) is 25.3 Å². The van der Waals surface area contributed by atoms with Crippen LogP contribution in [-0.4, -0.2) is 30.9 Å². The van der Waals surface area contributed by atoms with Crippen molar-refractivity contribution >= 4 is 17.7 Å². The lowest BCUT2D eigenvalue weighted by molar-refractivity contribution is -0.139. The van der Waals surface area contributed by atoms with E-state index in [0.717, 1.165) is 5.70 Å². The summed E-state index contributed by atoms with van der Waals surface area (Å²) in [7, 11) is 0. The number of esters is 1. The van der Waals surface area contributed by atoms with Gasteiger partial charge in [-0.1, -0.05) is 32.0 Å². The first-order valence-corrected chi connectivity index (χ1v) is 10.3. The van der Waals surface area contributed by atoms with E-state index < -0.39 is 17.8 Å². The highest BCUT2D eigenvalue weighted by Crippen LogP contribution is 2.48. The average molecular weight is 428 g/mol. The minimum Gasteiger partial charge on any atom is -0.483 e. The summed E-state index contributed by atoms with van der Waals surface area (Å²) in [6, 6.07) is 7.08. The SMILES string of the molecule is CCOC(=O)C1=C(C)NC2=C(C(=O)CC(C)(C)C2)C1c1ccccc1OCC(=O)NN. The number of carbonyl (C=O) groups excluding carboxylic acids is 3. The molecule has 1 amide bonds. The number of hydrogen-bond donors (Lipinski definition) is 3.